The van der Waals surface area contributed by atoms with Crippen molar-refractivity contribution in [1.82, 2.24) is 10.2 Å². The fourth-order valence-corrected chi connectivity index (χ4v) is 3.04. The van der Waals surface area contributed by atoms with Crippen LogP contribution in [0.4, 0.5) is 0 Å². The van der Waals surface area contributed by atoms with E-state index in [1.165, 1.54) is 11.1 Å². The summed E-state index contributed by atoms with van der Waals surface area (Å²) in [4.78, 5) is 13.9. The molecular formula is C16H24N2O2. The van der Waals surface area contributed by atoms with E-state index in [1.54, 1.807) is 13.1 Å². The summed E-state index contributed by atoms with van der Waals surface area (Å²) in [5.41, 5.74) is 2.49. The molecule has 2 rings (SSSR count). The first-order valence-corrected chi connectivity index (χ1v) is 7.42. The van der Waals surface area contributed by atoms with Gasteiger partial charge in [-0.2, -0.15) is 0 Å². The van der Waals surface area contributed by atoms with Gasteiger partial charge in [0.05, 0.1) is 6.54 Å². The predicted molar refractivity (Wildman–Crippen MR) is 79.7 cm³/mol. The lowest BCUT2D eigenvalue weighted by Gasteiger charge is -2.35. The summed E-state index contributed by atoms with van der Waals surface area (Å²) in [6, 6.07) is 5.87. The molecule has 0 bridgehead atoms. The van der Waals surface area contributed by atoms with E-state index in [-0.39, 0.29) is 11.9 Å². The first kappa shape index (κ1) is 14.9. The Hall–Kier alpha value is -1.55. The van der Waals surface area contributed by atoms with E-state index < -0.39 is 0 Å². The monoisotopic (exact) mass is 276 g/mol. The Morgan fingerprint density at radius 2 is 2.30 bits per heavy atom. The third-order valence-electron chi connectivity index (χ3n) is 3.99. The third kappa shape index (κ3) is 3.31. The van der Waals surface area contributed by atoms with Gasteiger partial charge in [-0.15, -0.1) is 0 Å². The van der Waals surface area contributed by atoms with Gasteiger partial charge in [-0.25, -0.2) is 0 Å². The van der Waals surface area contributed by atoms with Crippen LogP contribution in [0.5, 0.6) is 5.75 Å². The molecule has 20 heavy (non-hydrogen) atoms. The van der Waals surface area contributed by atoms with Crippen molar-refractivity contribution >= 4 is 5.91 Å². The van der Waals surface area contributed by atoms with Crippen LogP contribution in [0.25, 0.3) is 0 Å². The molecular weight excluding hydrogens is 252 g/mol. The minimum Gasteiger partial charge on any atom is -0.508 e. The molecule has 0 fully saturated rings. The SMILES string of the molecule is CCCN(CC(=O)NC)C1CCCc2ccc(O)cc21. The molecule has 1 amide bonds. The van der Waals surface area contributed by atoms with Crippen LogP contribution in [0.15, 0.2) is 18.2 Å². The molecule has 1 unspecified atom stereocenters. The fraction of sp³-hybridized carbons (Fsp3) is 0.562. The topological polar surface area (TPSA) is 52.6 Å². The number of likely N-dealkylation sites (N-methyl/N-ethyl adjacent to an activating group) is 1. The van der Waals surface area contributed by atoms with E-state index in [0.29, 0.717) is 12.3 Å². The molecule has 0 radical (unpaired) electrons. The lowest BCUT2D eigenvalue weighted by molar-refractivity contribution is -0.122. The first-order chi connectivity index (χ1) is 9.65. The van der Waals surface area contributed by atoms with Crippen LogP contribution in [-0.2, 0) is 11.2 Å². The number of benzene rings is 1. The van der Waals surface area contributed by atoms with Gasteiger partial charge in [-0.3, -0.25) is 9.69 Å². The molecule has 1 aromatic rings. The molecule has 0 heterocycles. The summed E-state index contributed by atoms with van der Waals surface area (Å²) < 4.78 is 0. The summed E-state index contributed by atoms with van der Waals surface area (Å²) in [5.74, 6) is 0.359. The van der Waals surface area contributed by atoms with Crippen molar-refractivity contribution in [2.24, 2.45) is 0 Å². The van der Waals surface area contributed by atoms with Gasteiger partial charge >= 0.3 is 0 Å². The molecule has 1 atom stereocenters. The minimum absolute atomic E-state index is 0.0470. The summed E-state index contributed by atoms with van der Waals surface area (Å²) in [7, 11) is 1.67. The highest BCUT2D eigenvalue weighted by molar-refractivity contribution is 5.77. The highest BCUT2D eigenvalue weighted by Crippen LogP contribution is 2.36. The van der Waals surface area contributed by atoms with Gasteiger partial charge in [0, 0.05) is 13.1 Å². The van der Waals surface area contributed by atoms with E-state index in [9.17, 15) is 9.90 Å². The lowest BCUT2D eigenvalue weighted by Crippen LogP contribution is -2.39. The van der Waals surface area contributed by atoms with E-state index in [1.807, 2.05) is 12.1 Å². The smallest absolute Gasteiger partial charge is 0.233 e. The molecule has 0 aliphatic heterocycles. The molecule has 0 saturated carbocycles. The molecule has 0 aromatic heterocycles. The van der Waals surface area contributed by atoms with Crippen LogP contribution < -0.4 is 5.32 Å². The van der Waals surface area contributed by atoms with Crippen LogP contribution in [-0.4, -0.2) is 36.1 Å². The van der Waals surface area contributed by atoms with Crippen LogP contribution in [0.2, 0.25) is 0 Å². The largest absolute Gasteiger partial charge is 0.508 e. The summed E-state index contributed by atoms with van der Waals surface area (Å²) in [5, 5.41) is 12.4. The van der Waals surface area contributed by atoms with Crippen molar-refractivity contribution in [2.75, 3.05) is 20.1 Å². The van der Waals surface area contributed by atoms with Crippen LogP contribution in [0, 0.1) is 0 Å². The number of carbonyl (C=O) groups is 1. The number of nitrogens with one attached hydrogen (secondary N) is 1. The Balaban J connectivity index is 2.26. The van der Waals surface area contributed by atoms with Gasteiger partial charge in [0.1, 0.15) is 5.75 Å². The maximum atomic E-state index is 11.7. The third-order valence-corrected chi connectivity index (χ3v) is 3.99. The molecule has 1 aliphatic carbocycles. The van der Waals surface area contributed by atoms with Crippen molar-refractivity contribution in [3.63, 3.8) is 0 Å². The highest BCUT2D eigenvalue weighted by Gasteiger charge is 2.26. The van der Waals surface area contributed by atoms with Crippen molar-refractivity contribution < 1.29 is 9.90 Å². The zero-order chi connectivity index (χ0) is 14.5. The van der Waals surface area contributed by atoms with Crippen molar-refractivity contribution in [3.05, 3.63) is 29.3 Å². The zero-order valence-electron chi connectivity index (χ0n) is 12.4. The summed E-state index contributed by atoms with van der Waals surface area (Å²) in [6.45, 7) is 3.44. The van der Waals surface area contributed by atoms with E-state index in [4.69, 9.17) is 0 Å². The first-order valence-electron chi connectivity index (χ1n) is 7.42. The highest BCUT2D eigenvalue weighted by atomic mass is 16.3. The van der Waals surface area contributed by atoms with E-state index in [0.717, 1.165) is 32.2 Å². The molecule has 1 aliphatic rings. The van der Waals surface area contributed by atoms with Gasteiger partial charge in [-0.05, 0) is 55.5 Å². The minimum atomic E-state index is 0.0470. The number of rotatable bonds is 5. The van der Waals surface area contributed by atoms with Gasteiger partial charge in [-0.1, -0.05) is 13.0 Å². The number of carbonyl (C=O) groups excluding carboxylic acids is 1. The average Bonchev–Trinajstić information content (AvgIpc) is 2.46. The standard InChI is InChI=1S/C16H24N2O2/c1-3-9-18(11-16(20)17-2)15-6-4-5-12-7-8-13(19)10-14(12)15/h7-8,10,15,19H,3-6,9,11H2,1-2H3,(H,17,20). The number of amides is 1. The number of hydrogen-bond donors (Lipinski definition) is 2. The number of nitrogens with zero attached hydrogens (tertiary/aromatic N) is 1. The number of fused-ring (bicyclic) bond motifs is 1. The molecule has 4 nitrogen and oxygen atoms in total. The van der Waals surface area contributed by atoms with E-state index >= 15 is 0 Å². The Labute approximate surface area is 120 Å². The Kier molecular flexibility index (Phi) is 5.01. The number of aromatic hydroxyl groups is 1. The molecule has 0 saturated heterocycles. The molecule has 110 valence electrons. The normalized spacial score (nSPS) is 17.9. The Bertz CT molecular complexity index is 474. The second kappa shape index (κ2) is 6.75. The van der Waals surface area contributed by atoms with Crippen molar-refractivity contribution in [1.29, 1.82) is 0 Å². The average molecular weight is 276 g/mol. The van der Waals surface area contributed by atoms with Crippen LogP contribution >= 0.6 is 0 Å². The number of hydrogen-bond acceptors (Lipinski definition) is 3. The number of phenolic OH excluding ortho intramolecular Hbond substituents is 1. The van der Waals surface area contributed by atoms with Gasteiger partial charge in [0.2, 0.25) is 5.91 Å². The predicted octanol–water partition coefficient (Wildman–Crippen LogP) is 2.23. The maximum Gasteiger partial charge on any atom is 0.233 e. The summed E-state index contributed by atoms with van der Waals surface area (Å²) in [6.07, 6.45) is 4.26. The molecule has 1 aromatic carbocycles. The van der Waals surface area contributed by atoms with Gasteiger partial charge in [0.15, 0.2) is 0 Å². The van der Waals surface area contributed by atoms with Crippen molar-refractivity contribution in [2.45, 2.75) is 38.6 Å². The van der Waals surface area contributed by atoms with Crippen molar-refractivity contribution in [3.8, 4) is 5.75 Å². The lowest BCUT2D eigenvalue weighted by atomic mass is 9.86. The van der Waals surface area contributed by atoms with Gasteiger partial charge < -0.3 is 10.4 Å². The maximum absolute atomic E-state index is 11.7. The fourth-order valence-electron chi connectivity index (χ4n) is 3.04. The van der Waals surface area contributed by atoms with Crippen LogP contribution in [0.1, 0.15) is 43.4 Å². The quantitative estimate of drug-likeness (QED) is 0.867. The summed E-state index contributed by atoms with van der Waals surface area (Å²) >= 11 is 0. The Morgan fingerprint density at radius 1 is 1.50 bits per heavy atom. The Morgan fingerprint density at radius 3 is 3.00 bits per heavy atom. The molecule has 0 spiro atoms. The van der Waals surface area contributed by atoms with Crippen LogP contribution in [0.3, 0.4) is 0 Å². The number of aryl methyl sites for hydroxylation is 1. The zero-order valence-corrected chi connectivity index (χ0v) is 12.4. The number of phenols is 1. The molecule has 4 heteroatoms. The second-order valence-corrected chi connectivity index (χ2v) is 5.43. The van der Waals surface area contributed by atoms with Gasteiger partial charge in [0.25, 0.3) is 0 Å². The second-order valence-electron chi connectivity index (χ2n) is 5.43. The molecule has 2 N–H and O–H groups in total. The van der Waals surface area contributed by atoms with E-state index in [2.05, 4.69) is 17.1 Å².